The third-order valence-corrected chi connectivity index (χ3v) is 5.46. The van der Waals surface area contributed by atoms with E-state index < -0.39 is 0 Å². The van der Waals surface area contributed by atoms with Crippen LogP contribution in [-0.2, 0) is 11.2 Å². The van der Waals surface area contributed by atoms with E-state index in [2.05, 4.69) is 10.3 Å². The van der Waals surface area contributed by atoms with Gasteiger partial charge in [-0.3, -0.25) is 9.78 Å². The number of aromatic nitrogens is 1. The van der Waals surface area contributed by atoms with Gasteiger partial charge in [0.25, 0.3) is 0 Å². The van der Waals surface area contributed by atoms with Crippen molar-refractivity contribution in [2.24, 2.45) is 0 Å². The molecule has 1 atom stereocenters. The summed E-state index contributed by atoms with van der Waals surface area (Å²) in [6, 6.07) is 18.2. The highest BCUT2D eigenvalue weighted by Crippen LogP contribution is 2.38. The molecule has 2 heterocycles. The first-order valence-electron chi connectivity index (χ1n) is 9.04. The molecule has 1 aliphatic heterocycles. The summed E-state index contributed by atoms with van der Waals surface area (Å²) in [5.74, 6) is 0.631. The van der Waals surface area contributed by atoms with Crippen molar-refractivity contribution < 1.29 is 13.9 Å². The molecule has 1 aromatic heterocycles. The number of benzene rings is 2. The average molecular weight is 394 g/mol. The van der Waals surface area contributed by atoms with Gasteiger partial charge in [0.05, 0.1) is 18.0 Å². The van der Waals surface area contributed by atoms with Crippen molar-refractivity contribution in [3.8, 4) is 17.0 Å². The monoisotopic (exact) mass is 394 g/mol. The van der Waals surface area contributed by atoms with E-state index in [-0.39, 0.29) is 17.8 Å². The van der Waals surface area contributed by atoms with Gasteiger partial charge >= 0.3 is 0 Å². The molecule has 6 heteroatoms. The number of halogens is 1. The van der Waals surface area contributed by atoms with E-state index in [0.717, 1.165) is 10.5 Å². The molecule has 0 aliphatic carbocycles. The minimum atomic E-state index is -0.313. The molecular formula is C22H19FN2O2S. The Hall–Kier alpha value is -2.86. The smallest absolute Gasteiger partial charge is 0.230 e. The van der Waals surface area contributed by atoms with Crippen molar-refractivity contribution >= 4 is 17.7 Å². The van der Waals surface area contributed by atoms with Crippen molar-refractivity contribution in [2.45, 2.75) is 17.4 Å². The van der Waals surface area contributed by atoms with Gasteiger partial charge in [-0.1, -0.05) is 24.3 Å². The lowest BCUT2D eigenvalue weighted by atomic mass is 10.0. The summed E-state index contributed by atoms with van der Waals surface area (Å²) in [7, 11) is 0. The number of nitrogens with one attached hydrogen (secondary N) is 1. The molecule has 2 aromatic carbocycles. The van der Waals surface area contributed by atoms with Gasteiger partial charge in [-0.2, -0.15) is 0 Å². The van der Waals surface area contributed by atoms with Crippen LogP contribution in [0.3, 0.4) is 0 Å². The topological polar surface area (TPSA) is 51.2 Å². The number of thioether (sulfide) groups is 1. The Morgan fingerprint density at radius 3 is 2.79 bits per heavy atom. The van der Waals surface area contributed by atoms with Crippen molar-refractivity contribution in [3.63, 3.8) is 0 Å². The molecule has 3 aromatic rings. The number of hydrogen-bond acceptors (Lipinski definition) is 4. The molecule has 4 rings (SSSR count). The zero-order valence-corrected chi connectivity index (χ0v) is 15.9. The van der Waals surface area contributed by atoms with E-state index in [9.17, 15) is 9.18 Å². The zero-order chi connectivity index (χ0) is 19.3. The van der Waals surface area contributed by atoms with Crippen LogP contribution in [0.4, 0.5) is 4.39 Å². The predicted octanol–water partition coefficient (Wildman–Crippen LogP) is 4.10. The van der Waals surface area contributed by atoms with Crippen LogP contribution in [0.5, 0.6) is 5.75 Å². The van der Waals surface area contributed by atoms with Crippen LogP contribution in [-0.4, -0.2) is 29.3 Å². The van der Waals surface area contributed by atoms with E-state index in [1.165, 1.54) is 23.9 Å². The number of hydrogen-bond donors (Lipinski definition) is 1. The zero-order valence-electron chi connectivity index (χ0n) is 15.1. The highest BCUT2D eigenvalue weighted by atomic mass is 32.2. The minimum Gasteiger partial charge on any atom is -0.487 e. The van der Waals surface area contributed by atoms with Crippen LogP contribution in [0.25, 0.3) is 11.3 Å². The first kappa shape index (κ1) is 18.5. The van der Waals surface area contributed by atoms with Gasteiger partial charge in [-0.15, -0.1) is 11.8 Å². The summed E-state index contributed by atoms with van der Waals surface area (Å²) in [5, 5.41) is 2.91. The van der Waals surface area contributed by atoms with Crippen LogP contribution in [0.2, 0.25) is 0 Å². The number of nitrogens with zero attached hydrogens (tertiary/aromatic N) is 1. The Balaban J connectivity index is 1.37. The predicted molar refractivity (Wildman–Crippen MR) is 108 cm³/mol. The van der Waals surface area contributed by atoms with E-state index in [4.69, 9.17) is 4.74 Å². The summed E-state index contributed by atoms with van der Waals surface area (Å²) >= 11 is 1.49. The Kier molecular flexibility index (Phi) is 5.58. The van der Waals surface area contributed by atoms with Crippen LogP contribution in [0.15, 0.2) is 71.8 Å². The lowest BCUT2D eigenvalue weighted by molar-refractivity contribution is -0.118. The van der Waals surface area contributed by atoms with Crippen LogP contribution in [0, 0.1) is 5.82 Å². The third-order valence-electron chi connectivity index (χ3n) is 4.44. The van der Waals surface area contributed by atoms with E-state index in [0.29, 0.717) is 35.7 Å². The highest BCUT2D eigenvalue weighted by molar-refractivity contribution is 8.00. The Bertz CT molecular complexity index is 967. The van der Waals surface area contributed by atoms with E-state index >= 15 is 0 Å². The lowest BCUT2D eigenvalue weighted by Crippen LogP contribution is -2.35. The summed E-state index contributed by atoms with van der Waals surface area (Å²) in [5.41, 5.74) is 2.12. The van der Waals surface area contributed by atoms with Gasteiger partial charge in [0.15, 0.2) is 0 Å². The number of amides is 1. The largest absolute Gasteiger partial charge is 0.487 e. The molecule has 4 nitrogen and oxygen atoms in total. The van der Waals surface area contributed by atoms with Crippen LogP contribution < -0.4 is 10.1 Å². The second-order valence-electron chi connectivity index (χ2n) is 6.51. The van der Waals surface area contributed by atoms with Crippen molar-refractivity contribution in [1.29, 1.82) is 0 Å². The fraction of sp³-hybridized carbons (Fsp3) is 0.182. The van der Waals surface area contributed by atoms with Crippen molar-refractivity contribution in [1.82, 2.24) is 10.3 Å². The number of carbonyl (C=O) groups excluding carboxylic acids is 1. The van der Waals surface area contributed by atoms with Gasteiger partial charge in [-0.25, -0.2) is 4.39 Å². The quantitative estimate of drug-likeness (QED) is 0.640. The molecule has 0 saturated carbocycles. The molecule has 28 heavy (non-hydrogen) atoms. The number of fused-ring (bicyclic) bond motifs is 1. The number of rotatable bonds is 6. The van der Waals surface area contributed by atoms with Gasteiger partial charge in [0.1, 0.15) is 17.7 Å². The first-order valence-corrected chi connectivity index (χ1v) is 10.0. The summed E-state index contributed by atoms with van der Waals surface area (Å²) in [6.07, 6.45) is 2.01. The van der Waals surface area contributed by atoms with Crippen LogP contribution >= 0.6 is 11.8 Å². The van der Waals surface area contributed by atoms with Crippen molar-refractivity contribution in [3.05, 3.63) is 78.2 Å². The molecule has 0 fully saturated rings. The fourth-order valence-corrected chi connectivity index (χ4v) is 3.91. The molecule has 0 bridgehead atoms. The average Bonchev–Trinajstić information content (AvgIpc) is 3.14. The number of carbonyl (C=O) groups is 1. The summed E-state index contributed by atoms with van der Waals surface area (Å²) < 4.78 is 20.1. The van der Waals surface area contributed by atoms with Crippen molar-refractivity contribution in [2.75, 3.05) is 12.3 Å². The molecule has 142 valence electrons. The van der Waals surface area contributed by atoms with Gasteiger partial charge in [0.2, 0.25) is 5.91 Å². The Morgan fingerprint density at radius 2 is 2.00 bits per heavy atom. The Labute approximate surface area is 167 Å². The normalized spacial score (nSPS) is 15.0. The van der Waals surface area contributed by atoms with E-state index in [1.54, 1.807) is 6.20 Å². The second kappa shape index (κ2) is 8.44. The molecule has 0 saturated heterocycles. The first-order chi connectivity index (χ1) is 13.7. The maximum absolute atomic E-state index is 14.1. The molecular weight excluding hydrogens is 375 g/mol. The highest BCUT2D eigenvalue weighted by Gasteiger charge is 2.27. The summed E-state index contributed by atoms with van der Waals surface area (Å²) in [4.78, 5) is 17.5. The molecule has 1 aliphatic rings. The molecule has 1 N–H and O–H groups in total. The summed E-state index contributed by atoms with van der Waals surface area (Å²) in [6.45, 7) is 0.381. The SMILES string of the molecule is O=C(CSc1ccccc1)NCC1Cc2cc(F)cc(-c3ccccn3)c2O1. The number of ether oxygens (including phenoxy) is 1. The van der Waals surface area contributed by atoms with Gasteiger partial charge in [0, 0.05) is 28.6 Å². The van der Waals surface area contributed by atoms with Gasteiger partial charge in [-0.05, 0) is 36.4 Å². The second-order valence-corrected chi connectivity index (χ2v) is 7.56. The van der Waals surface area contributed by atoms with Gasteiger partial charge < -0.3 is 10.1 Å². The molecule has 1 amide bonds. The molecule has 1 unspecified atom stereocenters. The molecule has 0 spiro atoms. The standard InChI is InChI=1S/C22H19FN2O2S/c23-16-10-15-11-17(13-25-21(26)14-28-18-6-2-1-3-7-18)27-22(15)19(12-16)20-8-4-5-9-24-20/h1-10,12,17H,11,13-14H2,(H,25,26). The minimum absolute atomic E-state index is 0.0514. The maximum Gasteiger partial charge on any atom is 0.230 e. The fourth-order valence-electron chi connectivity index (χ4n) is 3.16. The number of pyridine rings is 1. The lowest BCUT2D eigenvalue weighted by Gasteiger charge is -2.13. The van der Waals surface area contributed by atoms with Crippen LogP contribution in [0.1, 0.15) is 5.56 Å². The Morgan fingerprint density at radius 1 is 1.18 bits per heavy atom. The maximum atomic E-state index is 14.1. The van der Waals surface area contributed by atoms with E-state index in [1.807, 2.05) is 48.5 Å². The molecule has 0 radical (unpaired) electrons. The third kappa shape index (κ3) is 4.34.